The quantitative estimate of drug-likeness (QED) is 0.904. The molecule has 0 saturated heterocycles. The SMILES string of the molecule is Cc1n[nH]c(C)c1CCOc1ccc(Cl)cc1. The molecule has 2 aromatic rings. The highest BCUT2D eigenvalue weighted by molar-refractivity contribution is 6.30. The highest BCUT2D eigenvalue weighted by atomic mass is 35.5. The van der Waals surface area contributed by atoms with Crippen LogP contribution >= 0.6 is 11.6 Å². The number of aryl methyl sites for hydroxylation is 2. The van der Waals surface area contributed by atoms with Gasteiger partial charge < -0.3 is 4.74 Å². The van der Waals surface area contributed by atoms with Gasteiger partial charge in [0.15, 0.2) is 0 Å². The van der Waals surface area contributed by atoms with Crippen LogP contribution in [0, 0.1) is 13.8 Å². The van der Waals surface area contributed by atoms with Crippen molar-refractivity contribution in [3.05, 3.63) is 46.2 Å². The maximum Gasteiger partial charge on any atom is 0.119 e. The Morgan fingerprint density at radius 3 is 2.53 bits per heavy atom. The fourth-order valence-corrected chi connectivity index (χ4v) is 1.87. The second-order valence-electron chi connectivity index (χ2n) is 3.96. The van der Waals surface area contributed by atoms with Crippen molar-refractivity contribution in [3.8, 4) is 5.75 Å². The molecule has 0 radical (unpaired) electrons. The summed E-state index contributed by atoms with van der Waals surface area (Å²) in [7, 11) is 0. The second-order valence-corrected chi connectivity index (χ2v) is 4.40. The normalized spacial score (nSPS) is 10.5. The molecule has 0 amide bonds. The van der Waals surface area contributed by atoms with Gasteiger partial charge in [-0.2, -0.15) is 5.10 Å². The lowest BCUT2D eigenvalue weighted by molar-refractivity contribution is 0.321. The molecule has 0 spiro atoms. The summed E-state index contributed by atoms with van der Waals surface area (Å²) >= 11 is 5.80. The van der Waals surface area contributed by atoms with Gasteiger partial charge in [-0.05, 0) is 43.7 Å². The maximum absolute atomic E-state index is 5.80. The summed E-state index contributed by atoms with van der Waals surface area (Å²) in [4.78, 5) is 0. The topological polar surface area (TPSA) is 37.9 Å². The lowest BCUT2D eigenvalue weighted by atomic mass is 10.1. The highest BCUT2D eigenvalue weighted by Crippen LogP contribution is 2.16. The second kappa shape index (κ2) is 5.23. The first-order chi connectivity index (χ1) is 8.16. The molecule has 0 aliphatic carbocycles. The van der Waals surface area contributed by atoms with Crippen LogP contribution in [0.25, 0.3) is 0 Å². The monoisotopic (exact) mass is 250 g/mol. The van der Waals surface area contributed by atoms with E-state index in [4.69, 9.17) is 16.3 Å². The predicted octanol–water partition coefficient (Wildman–Crippen LogP) is 3.30. The van der Waals surface area contributed by atoms with E-state index in [1.807, 2.05) is 38.1 Å². The number of nitrogens with zero attached hydrogens (tertiary/aromatic N) is 1. The molecule has 3 nitrogen and oxygen atoms in total. The van der Waals surface area contributed by atoms with Gasteiger partial charge in [-0.15, -0.1) is 0 Å². The van der Waals surface area contributed by atoms with Crippen LogP contribution in [0.5, 0.6) is 5.75 Å². The molecule has 17 heavy (non-hydrogen) atoms. The van der Waals surface area contributed by atoms with Crippen molar-refractivity contribution in [1.82, 2.24) is 10.2 Å². The minimum Gasteiger partial charge on any atom is -0.493 e. The van der Waals surface area contributed by atoms with E-state index in [1.54, 1.807) is 0 Å². The third kappa shape index (κ3) is 3.01. The lowest BCUT2D eigenvalue weighted by Gasteiger charge is -2.06. The molecule has 1 heterocycles. The molecule has 0 atom stereocenters. The van der Waals surface area contributed by atoms with E-state index >= 15 is 0 Å². The number of hydrogen-bond acceptors (Lipinski definition) is 2. The Morgan fingerprint density at radius 1 is 1.24 bits per heavy atom. The Hall–Kier alpha value is -1.48. The largest absolute Gasteiger partial charge is 0.493 e. The fourth-order valence-electron chi connectivity index (χ4n) is 1.74. The minimum atomic E-state index is 0.642. The Morgan fingerprint density at radius 2 is 1.94 bits per heavy atom. The lowest BCUT2D eigenvalue weighted by Crippen LogP contribution is -2.02. The first-order valence-electron chi connectivity index (χ1n) is 5.55. The molecule has 4 heteroatoms. The van der Waals surface area contributed by atoms with Gasteiger partial charge in [0.25, 0.3) is 0 Å². The molecule has 1 N–H and O–H groups in total. The fraction of sp³-hybridized carbons (Fsp3) is 0.308. The van der Waals surface area contributed by atoms with Gasteiger partial charge in [-0.1, -0.05) is 11.6 Å². The Labute approximate surface area is 106 Å². The van der Waals surface area contributed by atoms with Gasteiger partial charge >= 0.3 is 0 Å². The standard InChI is InChI=1S/C13H15ClN2O/c1-9-13(10(2)16-15-9)7-8-17-12-5-3-11(14)4-6-12/h3-6H,7-8H2,1-2H3,(H,15,16). The average molecular weight is 251 g/mol. The van der Waals surface area contributed by atoms with E-state index in [2.05, 4.69) is 10.2 Å². The van der Waals surface area contributed by atoms with Gasteiger partial charge in [0, 0.05) is 17.1 Å². The molecule has 0 fully saturated rings. The smallest absolute Gasteiger partial charge is 0.119 e. The number of aromatic amines is 1. The van der Waals surface area contributed by atoms with Crippen LogP contribution in [-0.4, -0.2) is 16.8 Å². The van der Waals surface area contributed by atoms with E-state index in [-0.39, 0.29) is 0 Å². The van der Waals surface area contributed by atoms with Crippen LogP contribution in [0.2, 0.25) is 5.02 Å². The van der Waals surface area contributed by atoms with Crippen LogP contribution in [0.15, 0.2) is 24.3 Å². The number of benzene rings is 1. The summed E-state index contributed by atoms with van der Waals surface area (Å²) in [6.45, 7) is 4.67. The summed E-state index contributed by atoms with van der Waals surface area (Å²) in [6.07, 6.45) is 0.858. The highest BCUT2D eigenvalue weighted by Gasteiger charge is 2.05. The van der Waals surface area contributed by atoms with Crippen LogP contribution in [-0.2, 0) is 6.42 Å². The predicted molar refractivity (Wildman–Crippen MR) is 68.7 cm³/mol. The van der Waals surface area contributed by atoms with Crippen molar-refractivity contribution >= 4 is 11.6 Å². The van der Waals surface area contributed by atoms with Crippen LogP contribution in [0.3, 0.4) is 0 Å². The van der Waals surface area contributed by atoms with Crippen molar-refractivity contribution in [2.75, 3.05) is 6.61 Å². The zero-order valence-corrected chi connectivity index (χ0v) is 10.7. The summed E-state index contributed by atoms with van der Waals surface area (Å²) in [5.74, 6) is 0.841. The minimum absolute atomic E-state index is 0.642. The molecular weight excluding hydrogens is 236 g/mol. The molecule has 1 aromatic heterocycles. The Kier molecular flexibility index (Phi) is 3.69. The molecule has 0 aliphatic rings. The number of aromatic nitrogens is 2. The Bertz CT molecular complexity index is 471. The number of rotatable bonds is 4. The van der Waals surface area contributed by atoms with Crippen molar-refractivity contribution in [2.24, 2.45) is 0 Å². The molecule has 0 unspecified atom stereocenters. The maximum atomic E-state index is 5.80. The van der Waals surface area contributed by atoms with Crippen molar-refractivity contribution in [3.63, 3.8) is 0 Å². The molecule has 90 valence electrons. The zero-order chi connectivity index (χ0) is 12.3. The van der Waals surface area contributed by atoms with Gasteiger partial charge in [-0.25, -0.2) is 0 Å². The van der Waals surface area contributed by atoms with Crippen LogP contribution in [0.4, 0.5) is 0 Å². The van der Waals surface area contributed by atoms with Gasteiger partial charge in [0.05, 0.1) is 12.3 Å². The number of nitrogens with one attached hydrogen (secondary N) is 1. The van der Waals surface area contributed by atoms with E-state index in [9.17, 15) is 0 Å². The molecular formula is C13H15ClN2O. The van der Waals surface area contributed by atoms with Crippen molar-refractivity contribution in [2.45, 2.75) is 20.3 Å². The van der Waals surface area contributed by atoms with Gasteiger partial charge in [0.2, 0.25) is 0 Å². The summed E-state index contributed by atoms with van der Waals surface area (Å²) in [5.41, 5.74) is 3.39. The van der Waals surface area contributed by atoms with E-state index in [0.29, 0.717) is 6.61 Å². The molecule has 0 aliphatic heterocycles. The Balaban J connectivity index is 1.90. The van der Waals surface area contributed by atoms with Gasteiger partial charge in [-0.3, -0.25) is 5.10 Å². The third-order valence-corrected chi connectivity index (χ3v) is 2.97. The molecule has 1 aromatic carbocycles. The van der Waals surface area contributed by atoms with Crippen LogP contribution < -0.4 is 4.74 Å². The number of hydrogen-bond donors (Lipinski definition) is 1. The molecule has 0 saturated carbocycles. The molecule has 0 bridgehead atoms. The van der Waals surface area contributed by atoms with E-state index in [1.165, 1.54) is 5.56 Å². The van der Waals surface area contributed by atoms with Crippen molar-refractivity contribution < 1.29 is 4.74 Å². The number of H-pyrrole nitrogens is 1. The summed E-state index contributed by atoms with van der Waals surface area (Å²) in [6, 6.07) is 7.39. The van der Waals surface area contributed by atoms with E-state index < -0.39 is 0 Å². The summed E-state index contributed by atoms with van der Waals surface area (Å²) in [5, 5.41) is 7.85. The zero-order valence-electron chi connectivity index (χ0n) is 9.96. The first-order valence-corrected chi connectivity index (χ1v) is 5.93. The van der Waals surface area contributed by atoms with Gasteiger partial charge in [0.1, 0.15) is 5.75 Å². The summed E-state index contributed by atoms with van der Waals surface area (Å²) < 4.78 is 5.64. The van der Waals surface area contributed by atoms with Crippen molar-refractivity contribution in [1.29, 1.82) is 0 Å². The number of ether oxygens (including phenoxy) is 1. The third-order valence-electron chi connectivity index (χ3n) is 2.72. The average Bonchev–Trinajstić information content (AvgIpc) is 2.63. The van der Waals surface area contributed by atoms with E-state index in [0.717, 1.165) is 28.6 Å². The van der Waals surface area contributed by atoms with Crippen LogP contribution in [0.1, 0.15) is 17.0 Å². The first kappa shape index (κ1) is 12.0. The number of halogens is 1. The molecule has 2 rings (SSSR count).